The molecule has 0 radical (unpaired) electrons. The number of nitrogens with zero attached hydrogens (tertiary/aromatic N) is 4. The second-order valence-corrected chi connectivity index (χ2v) is 9.47. The van der Waals surface area contributed by atoms with Gasteiger partial charge in [-0.1, -0.05) is 19.1 Å². The number of para-hydroxylation sites is 2. The summed E-state index contributed by atoms with van der Waals surface area (Å²) in [7, 11) is 0. The minimum atomic E-state index is -0.450. The smallest absolute Gasteiger partial charge is 0.326 e. The van der Waals surface area contributed by atoms with Gasteiger partial charge in [-0.05, 0) is 49.8 Å². The molecule has 2 aliphatic heterocycles. The fraction of sp³-hybridized carbons (Fsp3) is 0.440. The fourth-order valence-electron chi connectivity index (χ4n) is 5.27. The van der Waals surface area contributed by atoms with E-state index in [9.17, 15) is 19.7 Å². The molecule has 0 saturated carbocycles. The molecule has 3 heterocycles. The van der Waals surface area contributed by atoms with Gasteiger partial charge in [0.05, 0.1) is 27.2 Å². The zero-order valence-corrected chi connectivity index (χ0v) is 19.3. The van der Waals surface area contributed by atoms with Gasteiger partial charge in [-0.3, -0.25) is 19.5 Å². The predicted molar refractivity (Wildman–Crippen MR) is 130 cm³/mol. The zero-order valence-electron chi connectivity index (χ0n) is 19.3. The van der Waals surface area contributed by atoms with Crippen LogP contribution in [0.25, 0.3) is 11.0 Å². The highest BCUT2D eigenvalue weighted by atomic mass is 16.6. The van der Waals surface area contributed by atoms with Gasteiger partial charge >= 0.3 is 5.69 Å². The Hall–Kier alpha value is -3.62. The molecule has 2 aromatic carbocycles. The number of hydrogen-bond acceptors (Lipinski definition) is 5. The number of aromatic amines is 1. The average Bonchev–Trinajstić information content (AvgIpc) is 3.19. The molecule has 1 amide bonds. The maximum absolute atomic E-state index is 13.6. The second kappa shape index (κ2) is 8.96. The number of carbonyl (C=O) groups is 1. The first-order chi connectivity index (χ1) is 16.4. The van der Waals surface area contributed by atoms with Gasteiger partial charge in [0, 0.05) is 44.4 Å². The molecule has 0 aliphatic carbocycles. The van der Waals surface area contributed by atoms with Crippen LogP contribution in [0.4, 0.5) is 11.4 Å². The first-order valence-electron chi connectivity index (χ1n) is 11.9. The molecule has 2 fully saturated rings. The highest BCUT2D eigenvalue weighted by molar-refractivity contribution is 6.00. The number of rotatable bonds is 4. The third-order valence-corrected chi connectivity index (χ3v) is 7.29. The molecular weight excluding hydrogens is 434 g/mol. The number of aromatic nitrogens is 2. The topological polar surface area (TPSA) is 104 Å². The van der Waals surface area contributed by atoms with Gasteiger partial charge in [-0.2, -0.15) is 0 Å². The number of likely N-dealkylation sites (tertiary alicyclic amines) is 1. The molecule has 0 atom stereocenters. The summed E-state index contributed by atoms with van der Waals surface area (Å²) in [6, 6.07) is 12.3. The van der Waals surface area contributed by atoms with Crippen LogP contribution in [0.3, 0.4) is 0 Å². The van der Waals surface area contributed by atoms with Crippen molar-refractivity contribution in [2.75, 3.05) is 31.1 Å². The van der Waals surface area contributed by atoms with Gasteiger partial charge < -0.3 is 14.8 Å². The molecule has 9 heteroatoms. The van der Waals surface area contributed by atoms with Crippen molar-refractivity contribution in [2.24, 2.45) is 5.92 Å². The largest absolute Gasteiger partial charge is 0.371 e. The molecule has 0 unspecified atom stereocenters. The van der Waals surface area contributed by atoms with Crippen LogP contribution in [0.15, 0.2) is 47.3 Å². The van der Waals surface area contributed by atoms with Crippen molar-refractivity contribution in [3.05, 3.63) is 68.6 Å². The summed E-state index contributed by atoms with van der Waals surface area (Å²) in [5, 5.41) is 11.4. The highest BCUT2D eigenvalue weighted by Crippen LogP contribution is 2.32. The Morgan fingerprint density at radius 1 is 1.03 bits per heavy atom. The van der Waals surface area contributed by atoms with Gasteiger partial charge in [0.25, 0.3) is 11.6 Å². The highest BCUT2D eigenvalue weighted by Gasteiger charge is 2.30. The van der Waals surface area contributed by atoms with E-state index < -0.39 is 4.92 Å². The van der Waals surface area contributed by atoms with E-state index in [1.54, 1.807) is 15.5 Å². The SMILES string of the molecule is CC1CCN(c2ccc([N+](=O)[O-])cc2C(=O)N2CCC(n3c(=O)[nH]c4ccccc43)CC2)CC1. The summed E-state index contributed by atoms with van der Waals surface area (Å²) in [5.74, 6) is 0.461. The van der Waals surface area contributed by atoms with Crippen molar-refractivity contribution in [1.29, 1.82) is 0 Å². The Labute approximate surface area is 197 Å². The summed E-state index contributed by atoms with van der Waals surface area (Å²) in [6.45, 7) is 4.89. The number of amides is 1. The van der Waals surface area contributed by atoms with E-state index >= 15 is 0 Å². The molecular formula is C25H29N5O4. The predicted octanol–water partition coefficient (Wildman–Crippen LogP) is 3.95. The molecule has 5 rings (SSSR count). The Balaban J connectivity index is 1.37. The average molecular weight is 464 g/mol. The first-order valence-corrected chi connectivity index (χ1v) is 11.9. The van der Waals surface area contributed by atoms with E-state index in [4.69, 9.17) is 0 Å². The Morgan fingerprint density at radius 2 is 1.74 bits per heavy atom. The molecule has 2 aliphatic rings. The van der Waals surface area contributed by atoms with Gasteiger partial charge in [-0.15, -0.1) is 0 Å². The molecule has 178 valence electrons. The van der Waals surface area contributed by atoms with Gasteiger partial charge in [0.2, 0.25) is 0 Å². The summed E-state index contributed by atoms with van der Waals surface area (Å²) < 4.78 is 1.80. The van der Waals surface area contributed by atoms with Crippen LogP contribution in [0.2, 0.25) is 0 Å². The van der Waals surface area contributed by atoms with Crippen molar-refractivity contribution in [3.8, 4) is 0 Å². The second-order valence-electron chi connectivity index (χ2n) is 9.47. The lowest BCUT2D eigenvalue weighted by atomic mass is 9.97. The lowest BCUT2D eigenvalue weighted by Gasteiger charge is -2.36. The molecule has 0 spiro atoms. The van der Waals surface area contributed by atoms with Gasteiger partial charge in [0.1, 0.15) is 0 Å². The Kier molecular flexibility index (Phi) is 5.85. The summed E-state index contributed by atoms with van der Waals surface area (Å²) in [5.41, 5.74) is 2.65. The monoisotopic (exact) mass is 463 g/mol. The normalized spacial score (nSPS) is 17.9. The van der Waals surface area contributed by atoms with E-state index in [1.165, 1.54) is 12.1 Å². The van der Waals surface area contributed by atoms with E-state index in [0.717, 1.165) is 42.7 Å². The number of carbonyl (C=O) groups excluding carboxylic acids is 1. The van der Waals surface area contributed by atoms with E-state index in [1.807, 2.05) is 24.3 Å². The number of piperidine rings is 2. The standard InChI is InChI=1S/C25H29N5O4/c1-17-8-12-27(13-9-17)22-7-6-19(30(33)34)16-20(22)24(31)28-14-10-18(11-15-28)29-23-5-3-2-4-21(23)26-25(29)32/h2-7,16-18H,8-15H2,1H3,(H,26,32). The number of fused-ring (bicyclic) bond motifs is 1. The number of nitrogens with one attached hydrogen (secondary N) is 1. The lowest BCUT2D eigenvalue weighted by Crippen LogP contribution is -2.41. The minimum Gasteiger partial charge on any atom is -0.371 e. The van der Waals surface area contributed by atoms with E-state index in [-0.39, 0.29) is 23.3 Å². The molecule has 34 heavy (non-hydrogen) atoms. The number of anilines is 1. The Morgan fingerprint density at radius 3 is 2.44 bits per heavy atom. The summed E-state index contributed by atoms with van der Waals surface area (Å²) in [4.78, 5) is 44.0. The van der Waals surface area contributed by atoms with Crippen LogP contribution in [-0.4, -0.2) is 51.5 Å². The fourth-order valence-corrected chi connectivity index (χ4v) is 5.27. The van der Waals surface area contributed by atoms with Crippen LogP contribution in [-0.2, 0) is 0 Å². The number of benzene rings is 2. The number of non-ortho nitro benzene ring substituents is 1. The van der Waals surface area contributed by atoms with Crippen LogP contribution >= 0.6 is 0 Å². The maximum atomic E-state index is 13.6. The van der Waals surface area contributed by atoms with Crippen LogP contribution in [0.1, 0.15) is 49.0 Å². The van der Waals surface area contributed by atoms with E-state index in [2.05, 4.69) is 16.8 Å². The van der Waals surface area contributed by atoms with Crippen LogP contribution in [0, 0.1) is 16.0 Å². The lowest BCUT2D eigenvalue weighted by molar-refractivity contribution is -0.384. The molecule has 9 nitrogen and oxygen atoms in total. The minimum absolute atomic E-state index is 0.000798. The van der Waals surface area contributed by atoms with Crippen LogP contribution < -0.4 is 10.6 Å². The van der Waals surface area contributed by atoms with Gasteiger partial charge in [0.15, 0.2) is 0 Å². The van der Waals surface area contributed by atoms with Crippen molar-refractivity contribution in [3.63, 3.8) is 0 Å². The number of H-pyrrole nitrogens is 1. The van der Waals surface area contributed by atoms with E-state index in [0.29, 0.717) is 37.4 Å². The third kappa shape index (κ3) is 4.06. The first kappa shape index (κ1) is 22.2. The maximum Gasteiger partial charge on any atom is 0.326 e. The number of nitro benzene ring substituents is 1. The molecule has 0 bridgehead atoms. The number of hydrogen-bond donors (Lipinski definition) is 1. The van der Waals surface area contributed by atoms with Crippen molar-refractivity contribution >= 4 is 28.3 Å². The van der Waals surface area contributed by atoms with Crippen LogP contribution in [0.5, 0.6) is 0 Å². The zero-order chi connectivity index (χ0) is 23.8. The van der Waals surface area contributed by atoms with Gasteiger partial charge in [-0.25, -0.2) is 4.79 Å². The number of imidazole rings is 1. The summed E-state index contributed by atoms with van der Waals surface area (Å²) in [6.07, 6.45) is 3.38. The molecule has 1 N–H and O–H groups in total. The molecule has 1 aromatic heterocycles. The Bertz CT molecular complexity index is 1280. The number of nitro groups is 1. The molecule has 2 saturated heterocycles. The van der Waals surface area contributed by atoms with Crippen molar-refractivity contribution in [2.45, 2.75) is 38.6 Å². The quantitative estimate of drug-likeness (QED) is 0.466. The summed E-state index contributed by atoms with van der Waals surface area (Å²) >= 11 is 0. The van der Waals surface area contributed by atoms with Crippen molar-refractivity contribution < 1.29 is 9.72 Å². The third-order valence-electron chi connectivity index (χ3n) is 7.29. The molecule has 3 aromatic rings. The van der Waals surface area contributed by atoms with Crippen molar-refractivity contribution in [1.82, 2.24) is 14.5 Å².